The molecule has 0 aromatic heterocycles. The Morgan fingerprint density at radius 1 is 1.32 bits per heavy atom. The van der Waals surface area contributed by atoms with Gasteiger partial charge in [0.2, 0.25) is 10.0 Å². The van der Waals surface area contributed by atoms with Crippen molar-refractivity contribution in [2.75, 3.05) is 6.54 Å². The summed E-state index contributed by atoms with van der Waals surface area (Å²) in [5.41, 5.74) is 6.05. The Morgan fingerprint density at radius 3 is 2.63 bits per heavy atom. The van der Waals surface area contributed by atoms with Crippen molar-refractivity contribution < 1.29 is 12.8 Å². The van der Waals surface area contributed by atoms with Gasteiger partial charge in [-0.25, -0.2) is 17.5 Å². The van der Waals surface area contributed by atoms with E-state index in [2.05, 4.69) is 4.72 Å². The highest BCUT2D eigenvalue weighted by Gasteiger charge is 2.22. The smallest absolute Gasteiger partial charge is 0.243 e. The number of sulfonamides is 1. The van der Waals surface area contributed by atoms with Crippen LogP contribution in [0.3, 0.4) is 0 Å². The van der Waals surface area contributed by atoms with Gasteiger partial charge in [-0.1, -0.05) is 18.9 Å². The van der Waals surface area contributed by atoms with Gasteiger partial charge < -0.3 is 5.73 Å². The maximum absolute atomic E-state index is 13.6. The van der Waals surface area contributed by atoms with Crippen molar-refractivity contribution in [3.8, 4) is 0 Å². The number of benzene rings is 1. The summed E-state index contributed by atoms with van der Waals surface area (Å²) in [4.78, 5) is -0.312. The molecule has 3 N–H and O–H groups in total. The van der Waals surface area contributed by atoms with E-state index in [9.17, 15) is 12.8 Å². The fraction of sp³-hybridized carbons (Fsp3) is 0.538. The molecule has 2 rings (SSSR count). The predicted octanol–water partition coefficient (Wildman–Crippen LogP) is 1.75. The highest BCUT2D eigenvalue weighted by Crippen LogP contribution is 2.24. The Bertz CT molecular complexity index is 540. The highest BCUT2D eigenvalue weighted by atomic mass is 32.2. The van der Waals surface area contributed by atoms with Gasteiger partial charge in [0.15, 0.2) is 0 Å². The molecule has 0 aliphatic heterocycles. The lowest BCUT2D eigenvalue weighted by molar-refractivity contribution is 0.513. The Labute approximate surface area is 113 Å². The first-order valence-corrected chi connectivity index (χ1v) is 7.99. The molecular weight excluding hydrogens is 267 g/mol. The van der Waals surface area contributed by atoms with E-state index in [1.165, 1.54) is 12.1 Å². The van der Waals surface area contributed by atoms with Gasteiger partial charge in [-0.3, -0.25) is 0 Å². The third kappa shape index (κ3) is 3.52. The van der Waals surface area contributed by atoms with E-state index >= 15 is 0 Å². The lowest BCUT2D eigenvalue weighted by Gasteiger charge is -2.12. The van der Waals surface area contributed by atoms with Crippen molar-refractivity contribution in [3.63, 3.8) is 0 Å². The molecule has 1 aromatic carbocycles. The van der Waals surface area contributed by atoms with E-state index in [0.717, 1.165) is 31.7 Å². The van der Waals surface area contributed by atoms with Gasteiger partial charge >= 0.3 is 0 Å². The minimum absolute atomic E-state index is 0.186. The maximum atomic E-state index is 13.6. The molecule has 1 saturated carbocycles. The number of hydrogen-bond donors (Lipinski definition) is 2. The molecule has 1 aliphatic rings. The number of rotatable bonds is 5. The van der Waals surface area contributed by atoms with Crippen LogP contribution in [0.15, 0.2) is 23.1 Å². The van der Waals surface area contributed by atoms with Gasteiger partial charge in [0.25, 0.3) is 0 Å². The van der Waals surface area contributed by atoms with Gasteiger partial charge in [-0.15, -0.1) is 0 Å². The number of halogens is 1. The average molecular weight is 286 g/mol. The van der Waals surface area contributed by atoms with E-state index in [1.54, 1.807) is 0 Å². The summed E-state index contributed by atoms with van der Waals surface area (Å²) in [6, 6.07) is 3.93. The molecule has 0 heterocycles. The molecule has 0 spiro atoms. The summed E-state index contributed by atoms with van der Waals surface area (Å²) in [6.07, 6.45) is 4.36. The summed E-state index contributed by atoms with van der Waals surface area (Å²) in [5, 5.41) is 0. The zero-order valence-corrected chi connectivity index (χ0v) is 11.5. The van der Waals surface area contributed by atoms with Crippen LogP contribution in [0.5, 0.6) is 0 Å². The molecule has 1 aliphatic carbocycles. The summed E-state index contributed by atoms with van der Waals surface area (Å²) < 4.78 is 40.3. The van der Waals surface area contributed by atoms with Gasteiger partial charge in [-0.2, -0.15) is 0 Å². The topological polar surface area (TPSA) is 72.2 Å². The quantitative estimate of drug-likeness (QED) is 0.866. The van der Waals surface area contributed by atoms with E-state index in [0.29, 0.717) is 18.0 Å². The zero-order chi connectivity index (χ0) is 13.9. The molecule has 0 amide bonds. The second-order valence-corrected chi connectivity index (χ2v) is 6.71. The molecule has 1 aromatic rings. The van der Waals surface area contributed by atoms with Crippen LogP contribution in [0.2, 0.25) is 0 Å². The van der Waals surface area contributed by atoms with Crippen LogP contribution in [0, 0.1) is 11.7 Å². The Kier molecular flexibility index (Phi) is 4.54. The van der Waals surface area contributed by atoms with Crippen LogP contribution >= 0.6 is 0 Å². The summed E-state index contributed by atoms with van der Waals surface area (Å²) in [5.74, 6) is -0.369. The normalized spacial score (nSPS) is 16.9. The minimum Gasteiger partial charge on any atom is -0.326 e. The summed E-state index contributed by atoms with van der Waals surface area (Å²) in [7, 11) is -3.79. The fourth-order valence-corrected chi connectivity index (χ4v) is 3.64. The second kappa shape index (κ2) is 5.98. The van der Waals surface area contributed by atoms with E-state index in [1.807, 2.05) is 0 Å². The van der Waals surface area contributed by atoms with Crippen LogP contribution in [-0.2, 0) is 16.6 Å². The molecule has 0 saturated heterocycles. The number of nitrogens with two attached hydrogens (primary N) is 1. The van der Waals surface area contributed by atoms with Crippen molar-refractivity contribution in [1.29, 1.82) is 0 Å². The number of nitrogens with one attached hydrogen (secondary N) is 1. The van der Waals surface area contributed by atoms with Crippen LogP contribution in [0.25, 0.3) is 0 Å². The molecule has 6 heteroatoms. The third-order valence-electron chi connectivity index (χ3n) is 3.56. The van der Waals surface area contributed by atoms with Gasteiger partial charge in [0, 0.05) is 13.1 Å². The van der Waals surface area contributed by atoms with E-state index < -0.39 is 15.8 Å². The Balaban J connectivity index is 2.13. The van der Waals surface area contributed by atoms with E-state index in [4.69, 9.17) is 5.73 Å². The standard InChI is InChI=1S/C13H19FN2O2S/c14-12-6-5-11(8-15)7-13(12)19(17,18)16-9-10-3-1-2-4-10/h5-7,10,16H,1-4,8-9,15H2. The zero-order valence-electron chi connectivity index (χ0n) is 10.7. The molecule has 0 bridgehead atoms. The van der Waals surface area contributed by atoms with Crippen LogP contribution in [0.1, 0.15) is 31.2 Å². The monoisotopic (exact) mass is 286 g/mol. The second-order valence-electron chi connectivity index (χ2n) is 4.97. The molecule has 0 radical (unpaired) electrons. The van der Waals surface area contributed by atoms with Gasteiger partial charge in [0.1, 0.15) is 10.7 Å². The van der Waals surface area contributed by atoms with Crippen molar-refractivity contribution in [2.45, 2.75) is 37.1 Å². The Hall–Kier alpha value is -0.980. The Morgan fingerprint density at radius 2 is 2.00 bits per heavy atom. The van der Waals surface area contributed by atoms with Crippen LogP contribution in [-0.4, -0.2) is 15.0 Å². The van der Waals surface area contributed by atoms with E-state index in [-0.39, 0.29) is 11.4 Å². The molecule has 106 valence electrons. The fourth-order valence-electron chi connectivity index (χ4n) is 2.40. The lowest BCUT2D eigenvalue weighted by atomic mass is 10.1. The lowest BCUT2D eigenvalue weighted by Crippen LogP contribution is -2.29. The minimum atomic E-state index is -3.79. The van der Waals surface area contributed by atoms with Crippen molar-refractivity contribution in [1.82, 2.24) is 4.72 Å². The molecule has 0 unspecified atom stereocenters. The first kappa shape index (κ1) is 14.4. The molecule has 19 heavy (non-hydrogen) atoms. The SMILES string of the molecule is NCc1ccc(F)c(S(=O)(=O)NCC2CCCC2)c1. The van der Waals surface area contributed by atoms with Crippen molar-refractivity contribution >= 4 is 10.0 Å². The predicted molar refractivity (Wildman–Crippen MR) is 71.4 cm³/mol. The molecular formula is C13H19FN2O2S. The van der Waals surface area contributed by atoms with Crippen molar-refractivity contribution in [2.24, 2.45) is 11.7 Å². The highest BCUT2D eigenvalue weighted by molar-refractivity contribution is 7.89. The van der Waals surface area contributed by atoms with Crippen molar-refractivity contribution in [3.05, 3.63) is 29.6 Å². The molecule has 0 atom stereocenters. The maximum Gasteiger partial charge on any atom is 0.243 e. The van der Waals surface area contributed by atoms with Crippen LogP contribution < -0.4 is 10.5 Å². The average Bonchev–Trinajstić information content (AvgIpc) is 2.90. The largest absolute Gasteiger partial charge is 0.326 e. The first-order chi connectivity index (χ1) is 9.03. The third-order valence-corrected chi connectivity index (χ3v) is 5.00. The summed E-state index contributed by atoms with van der Waals surface area (Å²) in [6.45, 7) is 0.569. The first-order valence-electron chi connectivity index (χ1n) is 6.51. The van der Waals surface area contributed by atoms with Crippen LogP contribution in [0.4, 0.5) is 4.39 Å². The molecule has 1 fully saturated rings. The number of hydrogen-bond acceptors (Lipinski definition) is 3. The molecule has 4 nitrogen and oxygen atoms in total. The van der Waals surface area contributed by atoms with Gasteiger partial charge in [0.05, 0.1) is 0 Å². The summed E-state index contributed by atoms with van der Waals surface area (Å²) >= 11 is 0. The van der Waals surface area contributed by atoms with Gasteiger partial charge in [-0.05, 0) is 36.5 Å².